The Morgan fingerprint density at radius 2 is 1.62 bits per heavy atom. The van der Waals surface area contributed by atoms with E-state index >= 15 is 0 Å². The monoisotopic (exact) mass is 950 g/mol. The van der Waals surface area contributed by atoms with Gasteiger partial charge in [-0.15, -0.1) is 0 Å². The van der Waals surface area contributed by atoms with Crippen molar-refractivity contribution in [2.75, 3.05) is 93.7 Å². The topological polar surface area (TPSA) is 272 Å². The van der Waals surface area contributed by atoms with Crippen LogP contribution in [0.3, 0.4) is 0 Å². The van der Waals surface area contributed by atoms with Crippen LogP contribution in [-0.4, -0.2) is 141 Å². The van der Waals surface area contributed by atoms with Crippen molar-refractivity contribution in [1.29, 1.82) is 0 Å². The van der Waals surface area contributed by atoms with E-state index in [0.717, 1.165) is 30.8 Å². The second-order valence-electron chi connectivity index (χ2n) is 16.4. The summed E-state index contributed by atoms with van der Waals surface area (Å²) in [6, 6.07) is 9.07. The second-order valence-corrected chi connectivity index (χ2v) is 17.8. The highest BCUT2D eigenvalue weighted by atomic mass is 35.5. The fourth-order valence-corrected chi connectivity index (χ4v) is 9.41. The van der Waals surface area contributed by atoms with Crippen molar-refractivity contribution in [3.05, 3.63) is 58.7 Å². The average Bonchev–Trinajstić information content (AvgIpc) is 3.72. The first kappa shape index (κ1) is 48.5. The Hall–Kier alpha value is -5.42. The molecule has 20 nitrogen and oxygen atoms in total. The van der Waals surface area contributed by atoms with Crippen LogP contribution >= 0.6 is 23.4 Å². The third-order valence-electron chi connectivity index (χ3n) is 12.0. The number of imide groups is 2. The van der Waals surface area contributed by atoms with Gasteiger partial charge in [0.15, 0.2) is 5.82 Å². The number of aromatic nitrogens is 2. The summed E-state index contributed by atoms with van der Waals surface area (Å²) in [4.78, 5) is 88.2. The van der Waals surface area contributed by atoms with Crippen LogP contribution in [0.4, 0.5) is 23.0 Å². The van der Waals surface area contributed by atoms with Crippen LogP contribution in [0.1, 0.15) is 66.2 Å². The molecule has 0 bridgehead atoms. The molecule has 3 aromatic rings. The zero-order valence-electron chi connectivity index (χ0n) is 36.6. The molecule has 7 rings (SSSR count). The number of benzene rings is 2. The van der Waals surface area contributed by atoms with Crippen LogP contribution in [-0.2, 0) is 38.1 Å². The highest BCUT2D eigenvalue weighted by molar-refractivity contribution is 7.99. The Balaban J connectivity index is 0.713. The molecule has 22 heteroatoms. The van der Waals surface area contributed by atoms with Crippen molar-refractivity contribution in [2.45, 2.75) is 73.6 Å². The maximum Gasteiger partial charge on any atom is 0.264 e. The van der Waals surface area contributed by atoms with Crippen molar-refractivity contribution in [2.24, 2.45) is 11.1 Å². The quantitative estimate of drug-likeness (QED) is 0.0662. The average molecular weight is 952 g/mol. The SMILES string of the molecule is C[C@@H]1OCC2(CCN(c3cnc(Sc4cccc(NC(=O)CCC(=O)NCCOCCOCCOCCNc5cccc6c5C(=O)N(C5CCC(=O)NC5=O)C6=O)c4Cl)c(N)n3)CC2)[C@@H]1N. The number of fused-ring (bicyclic) bond motifs is 1. The summed E-state index contributed by atoms with van der Waals surface area (Å²) >= 11 is 7.93. The minimum Gasteiger partial charge on any atom is -0.382 e. The van der Waals surface area contributed by atoms with E-state index in [0.29, 0.717) is 78.3 Å². The van der Waals surface area contributed by atoms with Crippen LogP contribution in [0.2, 0.25) is 5.02 Å². The van der Waals surface area contributed by atoms with Gasteiger partial charge in [-0.3, -0.25) is 39.0 Å². The summed E-state index contributed by atoms with van der Waals surface area (Å²) < 4.78 is 22.5. The lowest BCUT2D eigenvalue weighted by Gasteiger charge is -2.41. The number of carbonyl (C=O) groups is 6. The summed E-state index contributed by atoms with van der Waals surface area (Å²) in [6.07, 6.45) is 3.62. The highest BCUT2D eigenvalue weighted by Gasteiger charge is 2.48. The number of piperidine rings is 2. The summed E-state index contributed by atoms with van der Waals surface area (Å²) in [7, 11) is 0. The smallest absolute Gasteiger partial charge is 0.264 e. The first-order chi connectivity index (χ1) is 31.8. The Morgan fingerprint density at radius 1 is 0.939 bits per heavy atom. The normalized spacial score (nSPS) is 20.1. The molecule has 0 saturated carbocycles. The molecule has 1 aromatic heterocycles. The fraction of sp³-hybridized carbons (Fsp3) is 0.500. The molecule has 66 heavy (non-hydrogen) atoms. The lowest BCUT2D eigenvalue weighted by atomic mass is 9.73. The number of nitrogens with zero attached hydrogens (tertiary/aromatic N) is 4. The Kier molecular flexibility index (Phi) is 16.4. The van der Waals surface area contributed by atoms with Crippen LogP contribution in [0.25, 0.3) is 0 Å². The number of amides is 6. The molecule has 1 unspecified atom stereocenters. The van der Waals surface area contributed by atoms with Crippen LogP contribution < -0.4 is 37.6 Å². The predicted octanol–water partition coefficient (Wildman–Crippen LogP) is 2.59. The predicted molar refractivity (Wildman–Crippen MR) is 244 cm³/mol. The molecule has 3 saturated heterocycles. The molecule has 6 amide bonds. The molecule has 2 aromatic carbocycles. The molecule has 354 valence electrons. The number of rotatable bonds is 21. The number of nitrogen functional groups attached to an aromatic ring is 1. The maximum absolute atomic E-state index is 13.2. The van der Waals surface area contributed by atoms with Gasteiger partial charge in [0.25, 0.3) is 11.8 Å². The van der Waals surface area contributed by atoms with E-state index in [1.54, 1.807) is 36.5 Å². The molecule has 4 aliphatic rings. The van der Waals surface area contributed by atoms with Gasteiger partial charge in [0.2, 0.25) is 23.6 Å². The lowest BCUT2D eigenvalue weighted by Crippen LogP contribution is -2.54. The number of carbonyl (C=O) groups excluding carboxylic acids is 6. The number of nitrogens with two attached hydrogens (primary N) is 2. The third kappa shape index (κ3) is 11.6. The molecular weight excluding hydrogens is 896 g/mol. The van der Waals surface area contributed by atoms with Gasteiger partial charge in [-0.1, -0.05) is 35.5 Å². The van der Waals surface area contributed by atoms with Crippen LogP contribution in [0, 0.1) is 5.41 Å². The molecule has 4 aliphatic heterocycles. The van der Waals surface area contributed by atoms with E-state index in [-0.39, 0.29) is 85.2 Å². The summed E-state index contributed by atoms with van der Waals surface area (Å²) in [5.74, 6) is -1.96. The molecular formula is C44H55ClN10O10S. The van der Waals surface area contributed by atoms with Gasteiger partial charge in [-0.25, -0.2) is 9.97 Å². The number of halogens is 1. The zero-order valence-corrected chi connectivity index (χ0v) is 38.2. The number of hydrogen-bond acceptors (Lipinski definition) is 17. The molecule has 3 atom stereocenters. The minimum atomic E-state index is -1.04. The zero-order chi connectivity index (χ0) is 46.8. The summed E-state index contributed by atoms with van der Waals surface area (Å²) in [5.41, 5.74) is 14.0. The van der Waals surface area contributed by atoms with Gasteiger partial charge in [0.1, 0.15) is 16.9 Å². The van der Waals surface area contributed by atoms with E-state index in [2.05, 4.69) is 36.1 Å². The lowest BCUT2D eigenvalue weighted by molar-refractivity contribution is -0.136. The molecule has 1 spiro atoms. The standard InChI is InChI=1S/C44H55ClN10O10S/c1-26-38(46)44(25-65-26)12-16-54(17-13-44)32-24-50-41(39(47)52-32)66-31-7-3-6-29(37(31)45)51-34(57)11-10-33(56)49-15-19-63-21-23-64-22-20-62-18-14-48-28-5-2-4-27-36(28)43(61)55(42(27)60)30-8-9-35(58)53-40(30)59/h2-7,24,26,30,38,48H,8-23,25,46H2,1H3,(H2,47,52)(H,49,56)(H,51,57)(H,53,58,59)/t26-,30?,38+/m0/s1. The van der Waals surface area contributed by atoms with Crippen molar-refractivity contribution in [3.63, 3.8) is 0 Å². The van der Waals surface area contributed by atoms with E-state index < -0.39 is 29.7 Å². The van der Waals surface area contributed by atoms with E-state index in [4.69, 9.17) is 42.0 Å². The van der Waals surface area contributed by atoms with Crippen molar-refractivity contribution in [1.82, 2.24) is 25.5 Å². The van der Waals surface area contributed by atoms with Crippen LogP contribution in [0.15, 0.2) is 52.5 Å². The Morgan fingerprint density at radius 3 is 2.32 bits per heavy atom. The number of hydrogen-bond donors (Lipinski definition) is 6. The van der Waals surface area contributed by atoms with Gasteiger partial charge in [0.05, 0.1) is 80.4 Å². The fourth-order valence-electron chi connectivity index (χ4n) is 8.31. The number of nitrogens with one attached hydrogen (secondary N) is 4. The molecule has 5 heterocycles. The summed E-state index contributed by atoms with van der Waals surface area (Å²) in [6.45, 7) is 6.66. The van der Waals surface area contributed by atoms with Crippen molar-refractivity contribution < 1.29 is 47.7 Å². The highest BCUT2D eigenvalue weighted by Crippen LogP contribution is 2.43. The Bertz CT molecular complexity index is 2300. The Labute approximate surface area is 390 Å². The van der Waals surface area contributed by atoms with Gasteiger partial charge < -0.3 is 51.3 Å². The molecule has 0 radical (unpaired) electrons. The van der Waals surface area contributed by atoms with Crippen LogP contribution in [0.5, 0.6) is 0 Å². The van der Waals surface area contributed by atoms with E-state index in [1.807, 2.05) is 6.92 Å². The number of ether oxygens (including phenoxy) is 4. The molecule has 3 fully saturated rings. The first-order valence-electron chi connectivity index (χ1n) is 21.9. The second kappa shape index (κ2) is 22.4. The van der Waals surface area contributed by atoms with Gasteiger partial charge in [0, 0.05) is 67.5 Å². The third-order valence-corrected chi connectivity index (χ3v) is 13.6. The minimum absolute atomic E-state index is 0.00737. The van der Waals surface area contributed by atoms with Crippen molar-refractivity contribution in [3.8, 4) is 0 Å². The van der Waals surface area contributed by atoms with E-state index in [1.165, 1.54) is 17.8 Å². The maximum atomic E-state index is 13.2. The largest absolute Gasteiger partial charge is 0.382 e. The van der Waals surface area contributed by atoms with E-state index in [9.17, 15) is 28.8 Å². The molecule has 0 aliphatic carbocycles. The number of anilines is 4. The van der Waals surface area contributed by atoms with Gasteiger partial charge >= 0.3 is 0 Å². The van der Waals surface area contributed by atoms with Crippen molar-refractivity contribution >= 4 is 81.8 Å². The first-order valence-corrected chi connectivity index (χ1v) is 23.1. The van der Waals surface area contributed by atoms with Gasteiger partial charge in [-0.05, 0) is 50.5 Å². The molecule has 8 N–H and O–H groups in total. The van der Waals surface area contributed by atoms with Gasteiger partial charge in [-0.2, -0.15) is 0 Å². The summed E-state index contributed by atoms with van der Waals surface area (Å²) in [5, 5.41) is 11.6.